The van der Waals surface area contributed by atoms with Gasteiger partial charge in [0.15, 0.2) is 5.69 Å². The van der Waals surface area contributed by atoms with E-state index in [0.717, 1.165) is 24.5 Å². The van der Waals surface area contributed by atoms with Crippen LogP contribution in [0.2, 0.25) is 0 Å². The monoisotopic (exact) mass is 345 g/mol. The summed E-state index contributed by atoms with van der Waals surface area (Å²) in [6.45, 7) is 5.21. The molecule has 8 nitrogen and oxygen atoms in total. The van der Waals surface area contributed by atoms with Gasteiger partial charge in [0, 0.05) is 43.9 Å². The van der Waals surface area contributed by atoms with Gasteiger partial charge >= 0.3 is 0 Å². The van der Waals surface area contributed by atoms with Crippen LogP contribution in [0, 0.1) is 6.92 Å². The third kappa shape index (κ3) is 4.14. The van der Waals surface area contributed by atoms with Crippen LogP contribution in [-0.4, -0.2) is 51.4 Å². The van der Waals surface area contributed by atoms with Crippen LogP contribution in [0.3, 0.4) is 0 Å². The van der Waals surface area contributed by atoms with Crippen molar-refractivity contribution in [3.05, 3.63) is 35.6 Å². The standard InChI is InChI=1S/C17H23N5O3/c1-3-13-8-14(21-25-13)16(23)18-9-17(24)5-4-6-22(10-17)15-7-12(2)19-11-20-15/h7-8,11,24H,3-6,9-10H2,1-2H3,(H,18,23)/t17-/m1/s1. The molecule has 3 heterocycles. The molecule has 0 saturated carbocycles. The number of anilines is 1. The molecular formula is C17H23N5O3. The molecule has 3 rings (SSSR count). The van der Waals surface area contributed by atoms with Crippen LogP contribution in [0.25, 0.3) is 0 Å². The summed E-state index contributed by atoms with van der Waals surface area (Å²) < 4.78 is 5.04. The van der Waals surface area contributed by atoms with Crippen LogP contribution in [-0.2, 0) is 6.42 Å². The summed E-state index contributed by atoms with van der Waals surface area (Å²) in [7, 11) is 0. The molecule has 2 aromatic heterocycles. The van der Waals surface area contributed by atoms with Gasteiger partial charge in [-0.15, -0.1) is 0 Å². The predicted octanol–water partition coefficient (Wildman–Crippen LogP) is 1.10. The van der Waals surface area contributed by atoms with Gasteiger partial charge < -0.3 is 19.8 Å². The largest absolute Gasteiger partial charge is 0.386 e. The lowest BCUT2D eigenvalue weighted by molar-refractivity contribution is 0.0253. The first kappa shape index (κ1) is 17.3. The maximum absolute atomic E-state index is 12.2. The lowest BCUT2D eigenvalue weighted by atomic mass is 9.92. The van der Waals surface area contributed by atoms with E-state index in [9.17, 15) is 9.90 Å². The molecule has 1 saturated heterocycles. The van der Waals surface area contributed by atoms with E-state index >= 15 is 0 Å². The zero-order valence-electron chi connectivity index (χ0n) is 14.5. The van der Waals surface area contributed by atoms with Gasteiger partial charge in [0.2, 0.25) is 0 Å². The number of aryl methyl sites for hydroxylation is 2. The summed E-state index contributed by atoms with van der Waals surface area (Å²) in [6.07, 6.45) is 3.64. The van der Waals surface area contributed by atoms with Crippen LogP contribution < -0.4 is 10.2 Å². The molecule has 1 atom stereocenters. The molecule has 2 aromatic rings. The van der Waals surface area contributed by atoms with Crippen molar-refractivity contribution in [3.8, 4) is 0 Å². The Kier molecular flexibility index (Phi) is 4.98. The highest BCUT2D eigenvalue weighted by atomic mass is 16.5. The molecule has 1 aliphatic rings. The molecule has 1 fully saturated rings. The highest BCUT2D eigenvalue weighted by Gasteiger charge is 2.34. The summed E-state index contributed by atoms with van der Waals surface area (Å²) in [5.74, 6) is 1.11. The summed E-state index contributed by atoms with van der Waals surface area (Å²) in [4.78, 5) is 22.6. The first-order valence-electron chi connectivity index (χ1n) is 8.49. The summed E-state index contributed by atoms with van der Waals surface area (Å²) >= 11 is 0. The van der Waals surface area contributed by atoms with E-state index < -0.39 is 5.60 Å². The molecule has 0 radical (unpaired) electrons. The molecule has 0 aromatic carbocycles. The highest BCUT2D eigenvalue weighted by molar-refractivity contribution is 5.92. The Bertz CT molecular complexity index is 747. The second-order valence-corrected chi connectivity index (χ2v) is 6.48. The number of nitrogens with one attached hydrogen (secondary N) is 1. The minimum absolute atomic E-state index is 0.153. The molecule has 1 amide bonds. The predicted molar refractivity (Wildman–Crippen MR) is 91.4 cm³/mol. The Morgan fingerprint density at radius 3 is 3.00 bits per heavy atom. The minimum atomic E-state index is -1.01. The number of β-amino-alcohol motifs (C(OH)–C–C–N with tert-alkyl or cyclic N) is 1. The van der Waals surface area contributed by atoms with E-state index in [-0.39, 0.29) is 18.1 Å². The fraction of sp³-hybridized carbons (Fsp3) is 0.529. The first-order valence-corrected chi connectivity index (χ1v) is 8.49. The number of carbonyl (C=O) groups excluding carboxylic acids is 1. The van der Waals surface area contributed by atoms with E-state index in [2.05, 4.69) is 20.4 Å². The molecule has 134 valence electrons. The van der Waals surface area contributed by atoms with Gasteiger partial charge in [-0.2, -0.15) is 0 Å². The Hall–Kier alpha value is -2.48. The maximum Gasteiger partial charge on any atom is 0.273 e. The van der Waals surface area contributed by atoms with Gasteiger partial charge in [0.1, 0.15) is 17.9 Å². The summed E-state index contributed by atoms with van der Waals surface area (Å²) in [5, 5.41) is 17.4. The number of hydrogen-bond donors (Lipinski definition) is 2. The third-order valence-corrected chi connectivity index (χ3v) is 4.39. The molecule has 8 heteroatoms. The van der Waals surface area contributed by atoms with Gasteiger partial charge in [0.25, 0.3) is 5.91 Å². The Morgan fingerprint density at radius 1 is 1.44 bits per heavy atom. The van der Waals surface area contributed by atoms with Crippen LogP contribution in [0.5, 0.6) is 0 Å². The van der Waals surface area contributed by atoms with Crippen molar-refractivity contribution in [1.29, 1.82) is 0 Å². The zero-order valence-corrected chi connectivity index (χ0v) is 14.5. The lowest BCUT2D eigenvalue weighted by Gasteiger charge is -2.39. The second-order valence-electron chi connectivity index (χ2n) is 6.48. The van der Waals surface area contributed by atoms with Crippen molar-refractivity contribution in [2.75, 3.05) is 24.5 Å². The quantitative estimate of drug-likeness (QED) is 0.836. The number of rotatable bonds is 5. The topological polar surface area (TPSA) is 104 Å². The first-order chi connectivity index (χ1) is 12.0. The van der Waals surface area contributed by atoms with Gasteiger partial charge in [-0.25, -0.2) is 9.97 Å². The molecule has 0 bridgehead atoms. The van der Waals surface area contributed by atoms with Crippen LogP contribution >= 0.6 is 0 Å². The van der Waals surface area contributed by atoms with Gasteiger partial charge in [-0.3, -0.25) is 4.79 Å². The number of aromatic nitrogens is 3. The molecule has 1 aliphatic heterocycles. The van der Waals surface area contributed by atoms with Gasteiger partial charge in [-0.1, -0.05) is 12.1 Å². The number of amides is 1. The Labute approximate surface area is 146 Å². The summed E-state index contributed by atoms with van der Waals surface area (Å²) in [5.41, 5.74) is 0.106. The van der Waals surface area contributed by atoms with E-state index in [1.165, 1.54) is 6.33 Å². The van der Waals surface area contributed by atoms with Gasteiger partial charge in [-0.05, 0) is 19.8 Å². The molecule has 2 N–H and O–H groups in total. The van der Waals surface area contributed by atoms with Gasteiger partial charge in [0.05, 0.1) is 5.60 Å². The molecule has 25 heavy (non-hydrogen) atoms. The van der Waals surface area contributed by atoms with Crippen molar-refractivity contribution in [1.82, 2.24) is 20.4 Å². The van der Waals surface area contributed by atoms with Crippen LogP contribution in [0.1, 0.15) is 41.7 Å². The fourth-order valence-electron chi connectivity index (χ4n) is 2.99. The summed E-state index contributed by atoms with van der Waals surface area (Å²) in [6, 6.07) is 3.52. The average Bonchev–Trinajstić information content (AvgIpc) is 3.09. The van der Waals surface area contributed by atoms with E-state index in [0.29, 0.717) is 25.1 Å². The number of carbonyl (C=O) groups is 1. The Balaban J connectivity index is 1.62. The number of nitrogens with zero attached hydrogens (tertiary/aromatic N) is 4. The SMILES string of the molecule is CCc1cc(C(=O)NC[C@]2(O)CCCN(c3cc(C)ncn3)C2)no1. The zero-order chi connectivity index (χ0) is 17.9. The lowest BCUT2D eigenvalue weighted by Crippen LogP contribution is -2.54. The van der Waals surface area contributed by atoms with Crippen LogP contribution in [0.15, 0.2) is 23.0 Å². The smallest absolute Gasteiger partial charge is 0.273 e. The third-order valence-electron chi connectivity index (χ3n) is 4.39. The molecular weight excluding hydrogens is 322 g/mol. The van der Waals surface area contributed by atoms with E-state index in [1.54, 1.807) is 6.07 Å². The second kappa shape index (κ2) is 7.18. The molecule has 0 unspecified atom stereocenters. The maximum atomic E-state index is 12.2. The number of hydrogen-bond acceptors (Lipinski definition) is 7. The van der Waals surface area contributed by atoms with E-state index in [4.69, 9.17) is 4.52 Å². The van der Waals surface area contributed by atoms with Crippen molar-refractivity contribution >= 4 is 11.7 Å². The van der Waals surface area contributed by atoms with Crippen molar-refractivity contribution in [2.24, 2.45) is 0 Å². The average molecular weight is 345 g/mol. The Morgan fingerprint density at radius 2 is 2.28 bits per heavy atom. The number of aliphatic hydroxyl groups is 1. The van der Waals surface area contributed by atoms with Crippen molar-refractivity contribution in [3.63, 3.8) is 0 Å². The van der Waals surface area contributed by atoms with Crippen molar-refractivity contribution in [2.45, 2.75) is 38.7 Å². The van der Waals surface area contributed by atoms with Crippen LogP contribution in [0.4, 0.5) is 5.82 Å². The molecule has 0 spiro atoms. The minimum Gasteiger partial charge on any atom is -0.386 e. The molecule has 0 aliphatic carbocycles. The fourth-order valence-corrected chi connectivity index (χ4v) is 2.99. The normalized spacial score (nSPS) is 20.5. The van der Waals surface area contributed by atoms with E-state index in [1.807, 2.05) is 24.8 Å². The van der Waals surface area contributed by atoms with Crippen molar-refractivity contribution < 1.29 is 14.4 Å². The highest BCUT2D eigenvalue weighted by Crippen LogP contribution is 2.24. The number of piperidine rings is 1.